The van der Waals surface area contributed by atoms with Crippen molar-refractivity contribution in [2.45, 2.75) is 26.7 Å². The molecule has 0 radical (unpaired) electrons. The second kappa shape index (κ2) is 8.33. The first-order valence-electron chi connectivity index (χ1n) is 9.08. The highest BCUT2D eigenvalue weighted by Crippen LogP contribution is 2.36. The number of hydrogen-bond acceptors (Lipinski definition) is 6. The molecule has 1 aromatic carbocycles. The highest BCUT2D eigenvalue weighted by Gasteiger charge is 2.29. The summed E-state index contributed by atoms with van der Waals surface area (Å²) in [4.78, 5) is 20.7. The number of halogens is 1. The second-order valence-corrected chi connectivity index (χ2v) is 7.21. The van der Waals surface area contributed by atoms with Gasteiger partial charge in [0.15, 0.2) is 0 Å². The van der Waals surface area contributed by atoms with Crippen LogP contribution in [-0.4, -0.2) is 15.9 Å². The number of nitrogens with one attached hydrogen (secondary N) is 1. The van der Waals surface area contributed by atoms with Gasteiger partial charge in [-0.3, -0.25) is 4.79 Å². The minimum atomic E-state index is 0.00817. The molecule has 0 bridgehead atoms. The molecule has 2 aromatic heterocycles. The average Bonchev–Trinajstić information content (AvgIpc) is 3.51. The SMILES string of the molecule is CC#N.Cc1c(N)ccc(Cl)c1-c1cc2cc(NC(=O)C3CC3)ncc2c(N)n1. The summed E-state index contributed by atoms with van der Waals surface area (Å²) in [6, 6.07) is 8.94. The number of rotatable bonds is 3. The Morgan fingerprint density at radius 1 is 1.31 bits per heavy atom. The Labute approximate surface area is 173 Å². The number of amides is 1. The lowest BCUT2D eigenvalue weighted by atomic mass is 10.0. The summed E-state index contributed by atoms with van der Waals surface area (Å²) < 4.78 is 0. The van der Waals surface area contributed by atoms with Crippen molar-refractivity contribution >= 4 is 45.6 Å². The summed E-state index contributed by atoms with van der Waals surface area (Å²) in [5.74, 6) is 0.970. The number of nitrogens with zero attached hydrogens (tertiary/aromatic N) is 3. The van der Waals surface area contributed by atoms with Crippen molar-refractivity contribution in [2.75, 3.05) is 16.8 Å². The first-order valence-corrected chi connectivity index (χ1v) is 9.46. The van der Waals surface area contributed by atoms with Crippen LogP contribution in [0.2, 0.25) is 5.02 Å². The zero-order valence-corrected chi connectivity index (χ0v) is 16.9. The van der Waals surface area contributed by atoms with Crippen molar-refractivity contribution in [3.8, 4) is 17.3 Å². The van der Waals surface area contributed by atoms with Gasteiger partial charge in [-0.05, 0) is 55.0 Å². The fourth-order valence-corrected chi connectivity index (χ4v) is 3.25. The molecule has 0 aliphatic heterocycles. The van der Waals surface area contributed by atoms with Gasteiger partial charge in [0.1, 0.15) is 11.6 Å². The molecule has 1 fully saturated rings. The quantitative estimate of drug-likeness (QED) is 0.553. The zero-order valence-electron chi connectivity index (χ0n) is 16.2. The van der Waals surface area contributed by atoms with Crippen molar-refractivity contribution in [1.82, 2.24) is 9.97 Å². The topological polar surface area (TPSA) is 131 Å². The maximum absolute atomic E-state index is 12.0. The van der Waals surface area contributed by atoms with Crippen molar-refractivity contribution in [3.63, 3.8) is 0 Å². The maximum Gasteiger partial charge on any atom is 0.228 e. The molecule has 1 aliphatic rings. The van der Waals surface area contributed by atoms with E-state index in [1.807, 2.05) is 13.0 Å². The summed E-state index contributed by atoms with van der Waals surface area (Å²) in [7, 11) is 0. The molecular weight excluding hydrogens is 388 g/mol. The first-order chi connectivity index (χ1) is 13.8. The van der Waals surface area contributed by atoms with Gasteiger partial charge in [0.05, 0.1) is 16.8 Å². The number of carbonyl (C=O) groups excluding carboxylic acids is 1. The van der Waals surface area contributed by atoms with E-state index in [1.54, 1.807) is 30.5 Å². The van der Waals surface area contributed by atoms with Crippen LogP contribution in [0.15, 0.2) is 30.5 Å². The van der Waals surface area contributed by atoms with Gasteiger partial charge in [-0.2, -0.15) is 5.26 Å². The van der Waals surface area contributed by atoms with Gasteiger partial charge in [0.25, 0.3) is 0 Å². The largest absolute Gasteiger partial charge is 0.398 e. The minimum Gasteiger partial charge on any atom is -0.398 e. The number of hydrogen-bond donors (Lipinski definition) is 3. The van der Waals surface area contributed by atoms with E-state index in [-0.39, 0.29) is 11.8 Å². The Kier molecular flexibility index (Phi) is 5.85. The molecule has 0 saturated heterocycles. The third-order valence-electron chi connectivity index (χ3n) is 4.66. The third kappa shape index (κ3) is 4.39. The van der Waals surface area contributed by atoms with Gasteiger partial charge in [0.2, 0.25) is 5.91 Å². The fourth-order valence-electron chi connectivity index (χ4n) is 2.95. The smallest absolute Gasteiger partial charge is 0.228 e. The number of anilines is 3. The molecule has 0 spiro atoms. The Bertz CT molecular complexity index is 1130. The molecule has 5 N–H and O–H groups in total. The van der Waals surface area contributed by atoms with E-state index >= 15 is 0 Å². The van der Waals surface area contributed by atoms with E-state index < -0.39 is 0 Å². The molecule has 0 unspecified atom stereocenters. The van der Waals surface area contributed by atoms with Crippen molar-refractivity contribution in [2.24, 2.45) is 5.92 Å². The minimum absolute atomic E-state index is 0.00817. The Morgan fingerprint density at radius 2 is 2.00 bits per heavy atom. The number of pyridine rings is 2. The lowest BCUT2D eigenvalue weighted by molar-refractivity contribution is -0.117. The van der Waals surface area contributed by atoms with E-state index in [4.69, 9.17) is 28.3 Å². The third-order valence-corrected chi connectivity index (χ3v) is 4.97. The van der Waals surface area contributed by atoms with Crippen LogP contribution in [0.5, 0.6) is 0 Å². The predicted molar refractivity (Wildman–Crippen MR) is 116 cm³/mol. The van der Waals surface area contributed by atoms with Crippen LogP contribution in [0.4, 0.5) is 17.3 Å². The molecule has 8 heteroatoms. The van der Waals surface area contributed by atoms with Gasteiger partial charge >= 0.3 is 0 Å². The van der Waals surface area contributed by atoms with Crippen LogP contribution in [0.1, 0.15) is 25.3 Å². The van der Waals surface area contributed by atoms with Gasteiger partial charge in [0, 0.05) is 35.7 Å². The van der Waals surface area contributed by atoms with Crippen LogP contribution in [0, 0.1) is 24.2 Å². The van der Waals surface area contributed by atoms with E-state index in [9.17, 15) is 4.79 Å². The van der Waals surface area contributed by atoms with Crippen molar-refractivity contribution in [1.29, 1.82) is 5.26 Å². The molecule has 7 nitrogen and oxygen atoms in total. The van der Waals surface area contributed by atoms with E-state index in [0.29, 0.717) is 28.0 Å². The van der Waals surface area contributed by atoms with Gasteiger partial charge in [-0.25, -0.2) is 9.97 Å². The number of carbonyl (C=O) groups is 1. The van der Waals surface area contributed by atoms with Gasteiger partial charge in [-0.1, -0.05) is 11.6 Å². The molecule has 29 heavy (non-hydrogen) atoms. The fraction of sp³-hybridized carbons (Fsp3) is 0.238. The number of benzene rings is 1. The zero-order chi connectivity index (χ0) is 21.1. The second-order valence-electron chi connectivity index (χ2n) is 6.81. The molecule has 1 saturated carbocycles. The number of nitrogens with two attached hydrogens (primary N) is 2. The molecule has 0 atom stereocenters. The normalized spacial score (nSPS) is 12.6. The van der Waals surface area contributed by atoms with Crippen LogP contribution >= 0.6 is 11.6 Å². The summed E-state index contributed by atoms with van der Waals surface area (Å²) in [5.41, 5.74) is 15.0. The number of fused-ring (bicyclic) bond motifs is 1. The van der Waals surface area contributed by atoms with Gasteiger partial charge in [-0.15, -0.1) is 0 Å². The summed E-state index contributed by atoms with van der Waals surface area (Å²) in [6.45, 7) is 3.33. The number of aromatic nitrogens is 2. The van der Waals surface area contributed by atoms with Crippen LogP contribution < -0.4 is 16.8 Å². The highest BCUT2D eigenvalue weighted by molar-refractivity contribution is 6.33. The van der Waals surface area contributed by atoms with E-state index in [2.05, 4.69) is 15.3 Å². The van der Waals surface area contributed by atoms with E-state index in [1.165, 1.54) is 6.92 Å². The van der Waals surface area contributed by atoms with Crippen LogP contribution in [0.25, 0.3) is 22.0 Å². The summed E-state index contributed by atoms with van der Waals surface area (Å²) >= 11 is 6.38. The molecule has 3 aromatic rings. The Morgan fingerprint density at radius 3 is 2.66 bits per heavy atom. The summed E-state index contributed by atoms with van der Waals surface area (Å²) in [6.07, 6.45) is 3.50. The molecule has 148 valence electrons. The lowest BCUT2D eigenvalue weighted by Crippen LogP contribution is -2.14. The Hall–Kier alpha value is -3.37. The van der Waals surface area contributed by atoms with Gasteiger partial charge < -0.3 is 16.8 Å². The van der Waals surface area contributed by atoms with E-state index in [0.717, 1.165) is 34.7 Å². The highest BCUT2D eigenvalue weighted by atomic mass is 35.5. The standard InChI is InChI=1S/C19H18ClN5O.C2H3N/c1-9-14(21)5-4-13(20)17(9)15-6-11-7-16(25-19(26)10-2-3-10)23-8-12(11)18(22)24-15;1-2-3/h4-8,10H,2-3,21H2,1H3,(H2,22,24)(H,23,25,26);1H3. The number of nitrogen functional groups attached to an aromatic ring is 2. The predicted octanol–water partition coefficient (Wildman–Crippen LogP) is 4.30. The lowest BCUT2D eigenvalue weighted by Gasteiger charge is -2.13. The molecule has 4 rings (SSSR count). The van der Waals surface area contributed by atoms with Crippen molar-refractivity contribution in [3.05, 3.63) is 41.0 Å². The van der Waals surface area contributed by atoms with Crippen LogP contribution in [0.3, 0.4) is 0 Å². The molecule has 1 amide bonds. The molecule has 2 heterocycles. The van der Waals surface area contributed by atoms with Crippen molar-refractivity contribution < 1.29 is 4.79 Å². The maximum atomic E-state index is 12.0. The summed E-state index contributed by atoms with van der Waals surface area (Å²) in [5, 5.41) is 12.3. The average molecular weight is 409 g/mol. The molecule has 1 aliphatic carbocycles. The molecular formula is C21H21ClN6O. The first kappa shape index (κ1) is 20.4. The van der Waals surface area contributed by atoms with Crippen LogP contribution in [-0.2, 0) is 4.79 Å². The Balaban J connectivity index is 0.000000755. The monoisotopic (exact) mass is 408 g/mol. The number of nitriles is 1.